The average Bonchev–Trinajstić information content (AvgIpc) is 3.30. The minimum atomic E-state index is -3.46. The number of carbonyl (C=O) groups excluding carboxylic acids is 1. The van der Waals surface area contributed by atoms with Crippen LogP contribution in [0.2, 0.25) is 0 Å². The fourth-order valence-electron chi connectivity index (χ4n) is 3.60. The minimum absolute atomic E-state index is 0.227. The number of methoxy groups -OCH3 is 1. The molecule has 0 spiro atoms. The lowest BCUT2D eigenvalue weighted by Crippen LogP contribution is -2.42. The maximum atomic E-state index is 12.9. The second-order valence-corrected chi connectivity index (χ2v) is 9.38. The van der Waals surface area contributed by atoms with E-state index in [2.05, 4.69) is 5.16 Å². The van der Waals surface area contributed by atoms with Gasteiger partial charge in [0, 0.05) is 24.7 Å². The second-order valence-electron chi connectivity index (χ2n) is 7.15. The molecular weight excluding hydrogens is 404 g/mol. The Kier molecular flexibility index (Phi) is 5.59. The quantitative estimate of drug-likeness (QED) is 0.621. The molecule has 0 unspecified atom stereocenters. The number of hydrogen-bond acceptors (Lipinski definition) is 6. The summed E-state index contributed by atoms with van der Waals surface area (Å²) in [6.45, 7) is 0.707. The fraction of sp³-hybridized carbons (Fsp3) is 0.273. The van der Waals surface area contributed by atoms with Crippen molar-refractivity contribution < 1.29 is 22.5 Å². The third-order valence-corrected chi connectivity index (χ3v) is 7.62. The van der Waals surface area contributed by atoms with E-state index in [9.17, 15) is 13.2 Å². The Balaban J connectivity index is 1.41. The smallest absolute Gasteiger partial charge is 0.276 e. The number of benzene rings is 2. The molecule has 0 bridgehead atoms. The number of hydrogen-bond donors (Lipinski definition) is 0. The van der Waals surface area contributed by atoms with Crippen LogP contribution >= 0.6 is 0 Å². The first-order chi connectivity index (χ1) is 14.5. The van der Waals surface area contributed by atoms with Gasteiger partial charge in [0.15, 0.2) is 21.3 Å². The van der Waals surface area contributed by atoms with Crippen molar-refractivity contribution in [2.75, 3.05) is 20.2 Å². The molecule has 0 radical (unpaired) electrons. The summed E-state index contributed by atoms with van der Waals surface area (Å²) in [5.74, 6) is 0.883. The molecular formula is C22H22N2O5S. The van der Waals surface area contributed by atoms with E-state index in [-0.39, 0.29) is 16.5 Å². The van der Waals surface area contributed by atoms with Crippen LogP contribution in [0.25, 0.3) is 11.3 Å². The van der Waals surface area contributed by atoms with Gasteiger partial charge in [-0.3, -0.25) is 4.79 Å². The number of aromatic nitrogens is 1. The maximum absolute atomic E-state index is 12.9. The molecule has 0 saturated carbocycles. The molecule has 0 N–H and O–H groups in total. The molecule has 2 aromatic carbocycles. The van der Waals surface area contributed by atoms with Crippen LogP contribution in [-0.4, -0.2) is 49.8 Å². The van der Waals surface area contributed by atoms with Gasteiger partial charge < -0.3 is 14.2 Å². The molecule has 0 aliphatic carbocycles. The first-order valence-electron chi connectivity index (χ1n) is 9.68. The largest absolute Gasteiger partial charge is 0.497 e. The number of nitrogens with zero attached hydrogens (tertiary/aromatic N) is 2. The molecule has 1 fully saturated rings. The van der Waals surface area contributed by atoms with Gasteiger partial charge in [0.1, 0.15) is 5.75 Å². The fourth-order valence-corrected chi connectivity index (χ4v) is 5.34. The number of amides is 1. The van der Waals surface area contributed by atoms with Crippen LogP contribution in [0.4, 0.5) is 0 Å². The predicted octanol–water partition coefficient (Wildman–Crippen LogP) is 3.43. The maximum Gasteiger partial charge on any atom is 0.276 e. The average molecular weight is 426 g/mol. The Labute approximate surface area is 175 Å². The molecule has 156 valence electrons. The van der Waals surface area contributed by atoms with Crippen molar-refractivity contribution in [2.24, 2.45) is 0 Å². The number of piperidine rings is 1. The van der Waals surface area contributed by atoms with Gasteiger partial charge in [-0.1, -0.05) is 35.5 Å². The van der Waals surface area contributed by atoms with Gasteiger partial charge in [0.25, 0.3) is 5.91 Å². The first-order valence-corrected chi connectivity index (χ1v) is 11.2. The SMILES string of the molecule is COc1ccc(S(=O)(=O)C2CCN(C(=O)c3cc(-c4ccccc4)on3)CC2)cc1. The van der Waals surface area contributed by atoms with Gasteiger partial charge in [0.2, 0.25) is 0 Å². The van der Waals surface area contributed by atoms with Gasteiger partial charge in [-0.2, -0.15) is 0 Å². The highest BCUT2D eigenvalue weighted by atomic mass is 32.2. The highest BCUT2D eigenvalue weighted by molar-refractivity contribution is 7.92. The molecule has 1 amide bonds. The lowest BCUT2D eigenvalue weighted by molar-refractivity contribution is 0.0715. The van der Waals surface area contributed by atoms with Crippen LogP contribution in [0.5, 0.6) is 5.75 Å². The van der Waals surface area contributed by atoms with E-state index in [1.807, 2.05) is 30.3 Å². The molecule has 1 aliphatic rings. The summed E-state index contributed by atoms with van der Waals surface area (Å²) in [5.41, 5.74) is 1.07. The summed E-state index contributed by atoms with van der Waals surface area (Å²) >= 11 is 0. The van der Waals surface area contributed by atoms with Crippen molar-refractivity contribution in [3.63, 3.8) is 0 Å². The molecule has 8 heteroatoms. The highest BCUT2D eigenvalue weighted by Gasteiger charge is 2.33. The van der Waals surface area contributed by atoms with Gasteiger partial charge in [0.05, 0.1) is 17.3 Å². The van der Waals surface area contributed by atoms with E-state index in [1.54, 1.807) is 35.2 Å². The van der Waals surface area contributed by atoms with E-state index < -0.39 is 15.1 Å². The topological polar surface area (TPSA) is 89.7 Å². The number of rotatable bonds is 5. The summed E-state index contributed by atoms with van der Waals surface area (Å²) in [4.78, 5) is 14.7. The van der Waals surface area contributed by atoms with Gasteiger partial charge in [-0.15, -0.1) is 0 Å². The third-order valence-electron chi connectivity index (χ3n) is 5.34. The van der Waals surface area contributed by atoms with Crippen LogP contribution < -0.4 is 4.74 Å². The third kappa shape index (κ3) is 3.95. The van der Waals surface area contributed by atoms with Crippen molar-refractivity contribution in [1.29, 1.82) is 0 Å². The van der Waals surface area contributed by atoms with Crippen LogP contribution in [0.1, 0.15) is 23.3 Å². The Morgan fingerprint density at radius 3 is 2.37 bits per heavy atom. The number of carbonyl (C=O) groups is 1. The molecule has 4 rings (SSSR count). The second kappa shape index (κ2) is 8.31. The van der Waals surface area contributed by atoms with Crippen molar-refractivity contribution in [2.45, 2.75) is 23.0 Å². The summed E-state index contributed by atoms with van der Waals surface area (Å²) in [6, 6.07) is 17.4. The number of ether oxygens (including phenoxy) is 1. The van der Waals surface area contributed by atoms with Gasteiger partial charge in [-0.05, 0) is 37.1 Å². The zero-order valence-corrected chi connectivity index (χ0v) is 17.3. The molecule has 0 atom stereocenters. The lowest BCUT2D eigenvalue weighted by atomic mass is 10.1. The number of likely N-dealkylation sites (tertiary alicyclic amines) is 1. The van der Waals surface area contributed by atoms with E-state index in [4.69, 9.17) is 9.26 Å². The molecule has 1 aliphatic heterocycles. The summed E-state index contributed by atoms with van der Waals surface area (Å²) < 4.78 is 36.2. The van der Waals surface area contributed by atoms with Crippen molar-refractivity contribution in [3.05, 3.63) is 66.4 Å². The zero-order valence-electron chi connectivity index (χ0n) is 16.5. The first kappa shape index (κ1) is 20.2. The van der Waals surface area contributed by atoms with Crippen molar-refractivity contribution in [3.8, 4) is 17.1 Å². The Bertz CT molecular complexity index is 1120. The predicted molar refractivity (Wildman–Crippen MR) is 111 cm³/mol. The summed E-state index contributed by atoms with van der Waals surface area (Å²) in [7, 11) is -1.92. The highest BCUT2D eigenvalue weighted by Crippen LogP contribution is 2.27. The Morgan fingerprint density at radius 1 is 1.07 bits per heavy atom. The van der Waals surface area contributed by atoms with Crippen LogP contribution in [0.15, 0.2) is 70.1 Å². The van der Waals surface area contributed by atoms with Crippen LogP contribution in [0, 0.1) is 0 Å². The zero-order chi connectivity index (χ0) is 21.1. The molecule has 30 heavy (non-hydrogen) atoms. The lowest BCUT2D eigenvalue weighted by Gasteiger charge is -2.31. The normalized spacial score (nSPS) is 15.2. The molecule has 3 aromatic rings. The Hall–Kier alpha value is -3.13. The molecule has 2 heterocycles. The molecule has 1 saturated heterocycles. The Morgan fingerprint density at radius 2 is 1.73 bits per heavy atom. The summed E-state index contributed by atoms with van der Waals surface area (Å²) in [6.07, 6.45) is 0.757. The van der Waals surface area contributed by atoms with E-state index >= 15 is 0 Å². The van der Waals surface area contributed by atoms with Gasteiger partial charge in [-0.25, -0.2) is 8.42 Å². The van der Waals surface area contributed by atoms with E-state index in [1.165, 1.54) is 7.11 Å². The van der Waals surface area contributed by atoms with Crippen LogP contribution in [-0.2, 0) is 9.84 Å². The monoisotopic (exact) mass is 426 g/mol. The molecule has 1 aromatic heterocycles. The van der Waals surface area contributed by atoms with E-state index in [0.29, 0.717) is 37.4 Å². The van der Waals surface area contributed by atoms with E-state index in [0.717, 1.165) is 5.56 Å². The summed E-state index contributed by atoms with van der Waals surface area (Å²) in [5, 5.41) is 3.38. The standard InChI is InChI=1S/C22H22N2O5S/c1-28-17-7-9-18(10-8-17)30(26,27)19-11-13-24(14-12-19)22(25)20-15-21(29-23-20)16-5-3-2-4-6-16/h2-10,15,19H,11-14H2,1H3. The van der Waals surface area contributed by atoms with Gasteiger partial charge >= 0.3 is 0 Å². The minimum Gasteiger partial charge on any atom is -0.497 e. The van der Waals surface area contributed by atoms with Crippen molar-refractivity contribution >= 4 is 15.7 Å². The number of sulfone groups is 1. The van der Waals surface area contributed by atoms with Crippen LogP contribution in [0.3, 0.4) is 0 Å². The molecule has 7 nitrogen and oxygen atoms in total. The van der Waals surface area contributed by atoms with Crippen molar-refractivity contribution in [1.82, 2.24) is 10.1 Å².